The van der Waals surface area contributed by atoms with Crippen LogP contribution < -0.4 is 10.6 Å². The fourth-order valence-corrected chi connectivity index (χ4v) is 7.81. The lowest BCUT2D eigenvalue weighted by Crippen LogP contribution is -2.57. The topological polar surface area (TPSA) is 112 Å². The number of fused-ring (bicyclic) bond motifs is 2. The maximum atomic E-state index is 14.2. The zero-order chi connectivity index (χ0) is 30.4. The lowest BCUT2D eigenvalue weighted by Gasteiger charge is -2.58. The highest BCUT2D eigenvalue weighted by Gasteiger charge is 2.59. The summed E-state index contributed by atoms with van der Waals surface area (Å²) < 4.78 is 55.7. The van der Waals surface area contributed by atoms with Crippen LogP contribution in [-0.2, 0) is 17.8 Å². The van der Waals surface area contributed by atoms with Crippen molar-refractivity contribution < 1.29 is 37.4 Å². The molecule has 1 fully saturated rings. The fraction of sp³-hybridized carbons (Fsp3) is 0.433. The molecule has 0 bridgehead atoms. The Morgan fingerprint density at radius 3 is 2.40 bits per heavy atom. The van der Waals surface area contributed by atoms with Crippen LogP contribution in [-0.4, -0.2) is 39.7 Å². The highest BCUT2D eigenvalue weighted by atomic mass is 32.1. The average molecular weight is 606 g/mol. The summed E-state index contributed by atoms with van der Waals surface area (Å²) in [6.45, 7) is 3.41. The number of aliphatic hydroxyl groups excluding tert-OH is 2. The molecular formula is C30H31F4N3O4S. The van der Waals surface area contributed by atoms with Crippen LogP contribution >= 0.6 is 11.3 Å². The first-order valence-electron chi connectivity index (χ1n) is 13.6. The number of hydrogen-bond acceptors (Lipinski definition) is 6. The van der Waals surface area contributed by atoms with E-state index in [0.29, 0.717) is 25.0 Å². The minimum Gasteiger partial charge on any atom is -0.396 e. The normalized spacial score (nSPS) is 26.7. The van der Waals surface area contributed by atoms with E-state index in [9.17, 15) is 37.4 Å². The van der Waals surface area contributed by atoms with Crippen LogP contribution in [0.3, 0.4) is 0 Å². The zero-order valence-corrected chi connectivity index (χ0v) is 23.8. The zero-order valence-electron chi connectivity index (χ0n) is 23.0. The van der Waals surface area contributed by atoms with Gasteiger partial charge in [0.2, 0.25) is 5.91 Å². The molecule has 0 saturated heterocycles. The number of halogens is 4. The van der Waals surface area contributed by atoms with Crippen LogP contribution in [0.2, 0.25) is 0 Å². The van der Waals surface area contributed by atoms with Gasteiger partial charge in [0, 0.05) is 35.2 Å². The summed E-state index contributed by atoms with van der Waals surface area (Å²) >= 11 is 1.11. The van der Waals surface area contributed by atoms with E-state index in [1.807, 2.05) is 13.8 Å². The number of hydrogen-bond donors (Lipinski definition) is 4. The van der Waals surface area contributed by atoms with Gasteiger partial charge in [0.1, 0.15) is 28.8 Å². The van der Waals surface area contributed by atoms with Gasteiger partial charge >= 0.3 is 0 Å². The van der Waals surface area contributed by atoms with E-state index in [0.717, 1.165) is 52.6 Å². The number of nitrogens with one attached hydrogen (secondary N) is 2. The molecule has 7 nitrogen and oxygen atoms in total. The molecule has 3 aromatic rings. The molecule has 2 aliphatic carbocycles. The standard InChI is InChI=1S/C30H31F4N3O4S/c1-29-7-6-23(39)30(2,14-38)22(29)12-21-26(18(29)11-24(40)35-13-15-8-16(31)10-17(32)9-15)36-28(42-21)37-27(41)25-19(33)4-3-5-20(25)34/h3-5,8-10,18,22-23,38-39H,6-7,11-14H2,1-2H3,(H,35,40)(H,36,37,41). The predicted octanol–water partition coefficient (Wildman–Crippen LogP) is 5.07. The first-order valence-corrected chi connectivity index (χ1v) is 14.4. The molecule has 4 N–H and O–H groups in total. The van der Waals surface area contributed by atoms with Crippen LogP contribution in [0, 0.1) is 40.0 Å². The highest BCUT2D eigenvalue weighted by Crippen LogP contribution is 2.62. The summed E-state index contributed by atoms with van der Waals surface area (Å²) in [5.74, 6) is -5.75. The molecule has 42 heavy (non-hydrogen) atoms. The molecule has 2 amide bonds. The maximum Gasteiger partial charge on any atom is 0.263 e. The molecule has 224 valence electrons. The first kappa shape index (κ1) is 30.1. The van der Waals surface area contributed by atoms with Gasteiger partial charge in [0.15, 0.2) is 5.13 Å². The number of carbonyl (C=O) groups excluding carboxylic acids is 2. The van der Waals surface area contributed by atoms with Crippen molar-refractivity contribution in [1.29, 1.82) is 0 Å². The number of aromatic nitrogens is 1. The predicted molar refractivity (Wildman–Crippen MR) is 148 cm³/mol. The molecule has 0 radical (unpaired) electrons. The lowest BCUT2D eigenvalue weighted by molar-refractivity contribution is -0.144. The summed E-state index contributed by atoms with van der Waals surface area (Å²) in [7, 11) is 0. The molecule has 12 heteroatoms. The average Bonchev–Trinajstić information content (AvgIpc) is 3.32. The molecule has 2 aromatic carbocycles. The van der Waals surface area contributed by atoms with Crippen LogP contribution in [0.5, 0.6) is 0 Å². The molecule has 1 saturated carbocycles. The molecule has 5 rings (SSSR count). The third-order valence-electron chi connectivity index (χ3n) is 9.11. The van der Waals surface area contributed by atoms with Gasteiger partial charge in [0.05, 0.1) is 18.4 Å². The Balaban J connectivity index is 1.46. The Bertz CT molecular complexity index is 1490. The number of anilines is 1. The van der Waals surface area contributed by atoms with Crippen molar-refractivity contribution in [2.24, 2.45) is 16.7 Å². The summed E-state index contributed by atoms with van der Waals surface area (Å²) in [4.78, 5) is 31.4. The van der Waals surface area contributed by atoms with Gasteiger partial charge < -0.3 is 15.5 Å². The number of rotatable bonds is 7. The van der Waals surface area contributed by atoms with E-state index in [-0.39, 0.29) is 36.2 Å². The number of thiazole rings is 1. The number of benzene rings is 2. The van der Waals surface area contributed by atoms with Crippen molar-refractivity contribution in [2.45, 2.75) is 58.1 Å². The van der Waals surface area contributed by atoms with Crippen LogP contribution in [0.15, 0.2) is 36.4 Å². The van der Waals surface area contributed by atoms with E-state index < -0.39 is 63.5 Å². The largest absolute Gasteiger partial charge is 0.396 e. The number of aliphatic hydroxyl groups is 2. The summed E-state index contributed by atoms with van der Waals surface area (Å²) in [6, 6.07) is 6.10. The molecule has 1 heterocycles. The number of nitrogens with zero attached hydrogens (tertiary/aromatic N) is 1. The van der Waals surface area contributed by atoms with Crippen LogP contribution in [0.1, 0.15) is 65.5 Å². The van der Waals surface area contributed by atoms with Crippen molar-refractivity contribution in [2.75, 3.05) is 11.9 Å². The molecule has 1 aromatic heterocycles. The summed E-state index contributed by atoms with van der Waals surface area (Å²) in [5, 5.41) is 26.6. The first-order chi connectivity index (χ1) is 19.9. The Kier molecular flexibility index (Phi) is 8.16. The number of carbonyl (C=O) groups is 2. The fourth-order valence-electron chi connectivity index (χ4n) is 6.74. The van der Waals surface area contributed by atoms with Gasteiger partial charge in [-0.05, 0) is 60.4 Å². The van der Waals surface area contributed by atoms with Gasteiger partial charge in [-0.2, -0.15) is 0 Å². The van der Waals surface area contributed by atoms with Crippen molar-refractivity contribution in [3.63, 3.8) is 0 Å². The van der Waals surface area contributed by atoms with Gasteiger partial charge in [-0.3, -0.25) is 14.9 Å². The van der Waals surface area contributed by atoms with E-state index >= 15 is 0 Å². The van der Waals surface area contributed by atoms with Crippen molar-refractivity contribution in [3.8, 4) is 0 Å². The minimum atomic E-state index is -1.02. The second-order valence-corrected chi connectivity index (χ2v) is 12.8. The van der Waals surface area contributed by atoms with Gasteiger partial charge in [-0.25, -0.2) is 22.5 Å². The quantitative estimate of drug-likeness (QED) is 0.281. The lowest BCUT2D eigenvalue weighted by atomic mass is 9.47. The SMILES string of the molecule is CC1(CO)C(O)CCC2(C)C(CC(=O)NCc3cc(F)cc(F)c3)c3nc(NC(=O)c4c(F)cccc4F)sc3CC12. The molecule has 5 unspecified atom stereocenters. The van der Waals surface area contributed by atoms with E-state index in [2.05, 4.69) is 15.6 Å². The van der Waals surface area contributed by atoms with E-state index in [4.69, 9.17) is 0 Å². The second-order valence-electron chi connectivity index (χ2n) is 11.7. The van der Waals surface area contributed by atoms with Crippen LogP contribution in [0.25, 0.3) is 0 Å². The van der Waals surface area contributed by atoms with E-state index in [1.54, 1.807) is 0 Å². The minimum absolute atomic E-state index is 0.0610. The Hall–Kier alpha value is -3.35. The van der Waals surface area contributed by atoms with Gasteiger partial charge in [-0.15, -0.1) is 11.3 Å². The Labute approximate surface area is 244 Å². The molecule has 0 aliphatic heterocycles. The maximum absolute atomic E-state index is 14.2. The van der Waals surface area contributed by atoms with Crippen molar-refractivity contribution in [1.82, 2.24) is 10.3 Å². The van der Waals surface area contributed by atoms with Gasteiger partial charge in [0.25, 0.3) is 5.91 Å². The summed E-state index contributed by atoms with van der Waals surface area (Å²) in [5.41, 5.74) is -1.43. The highest BCUT2D eigenvalue weighted by molar-refractivity contribution is 7.15. The van der Waals surface area contributed by atoms with Crippen LogP contribution in [0.4, 0.5) is 22.7 Å². The third-order valence-corrected chi connectivity index (χ3v) is 10.1. The second kappa shape index (κ2) is 11.4. The molecule has 2 aliphatic rings. The van der Waals surface area contributed by atoms with Gasteiger partial charge in [-0.1, -0.05) is 19.9 Å². The molecular weight excluding hydrogens is 574 g/mol. The molecule has 0 spiro atoms. The molecule has 5 atom stereocenters. The third kappa shape index (κ3) is 5.43. The Morgan fingerprint density at radius 1 is 1.10 bits per heavy atom. The van der Waals surface area contributed by atoms with E-state index in [1.165, 1.54) is 0 Å². The van der Waals surface area contributed by atoms with Crippen molar-refractivity contribution >= 4 is 28.3 Å². The number of amides is 2. The monoisotopic (exact) mass is 605 g/mol. The Morgan fingerprint density at radius 2 is 1.76 bits per heavy atom. The summed E-state index contributed by atoms with van der Waals surface area (Å²) in [6.07, 6.45) is 0.480. The smallest absolute Gasteiger partial charge is 0.263 e. The van der Waals surface area contributed by atoms with Crippen molar-refractivity contribution in [3.05, 3.63) is 81.4 Å².